The number of benzene rings is 1. The van der Waals surface area contributed by atoms with Crippen molar-refractivity contribution < 1.29 is 29.2 Å². The van der Waals surface area contributed by atoms with Crippen molar-refractivity contribution in [3.05, 3.63) is 29.3 Å². The molecule has 2 heterocycles. The summed E-state index contributed by atoms with van der Waals surface area (Å²) in [6, 6.07) is 4.49. The van der Waals surface area contributed by atoms with Gasteiger partial charge in [-0.05, 0) is 43.4 Å². The lowest BCUT2D eigenvalue weighted by molar-refractivity contribution is -0.137. The van der Waals surface area contributed by atoms with Crippen LogP contribution in [0.5, 0.6) is 0 Å². The van der Waals surface area contributed by atoms with Gasteiger partial charge in [0.05, 0.1) is 0 Å². The third-order valence-electron chi connectivity index (χ3n) is 5.81. The first-order chi connectivity index (χ1) is 15.4. The number of fused-ring (bicyclic) bond motifs is 1. The second kappa shape index (κ2) is 10.9. The van der Waals surface area contributed by atoms with E-state index in [0.717, 1.165) is 18.4 Å². The van der Waals surface area contributed by atoms with E-state index < -0.39 is 17.9 Å². The fourth-order valence-corrected chi connectivity index (χ4v) is 4.13. The topological polar surface area (TPSA) is 145 Å². The quantitative estimate of drug-likeness (QED) is 0.195. The van der Waals surface area contributed by atoms with Gasteiger partial charge in [0, 0.05) is 37.1 Å². The maximum Gasteiger partial charge on any atom is 0.254 e. The molecule has 1 aromatic rings. The maximum atomic E-state index is 13.0. The van der Waals surface area contributed by atoms with E-state index in [1.807, 2.05) is 0 Å². The Kier molecular flexibility index (Phi) is 7.93. The summed E-state index contributed by atoms with van der Waals surface area (Å²) in [7, 11) is 0. The molecule has 0 spiro atoms. The molecule has 5 amide bonds. The average molecular weight is 444 g/mol. The third-order valence-corrected chi connectivity index (χ3v) is 5.81. The molecule has 2 aliphatic heterocycles. The molecule has 1 saturated heterocycles. The summed E-state index contributed by atoms with van der Waals surface area (Å²) in [5, 5.41) is 13.6. The Morgan fingerprint density at radius 2 is 1.75 bits per heavy atom. The van der Waals surface area contributed by atoms with Crippen molar-refractivity contribution in [1.29, 1.82) is 0 Å². The smallest absolute Gasteiger partial charge is 0.254 e. The van der Waals surface area contributed by atoms with Crippen LogP contribution in [0.15, 0.2) is 18.2 Å². The van der Waals surface area contributed by atoms with E-state index in [0.29, 0.717) is 49.9 Å². The first-order valence-electron chi connectivity index (χ1n) is 10.9. The highest BCUT2D eigenvalue weighted by molar-refractivity contribution is 6.05. The van der Waals surface area contributed by atoms with Gasteiger partial charge in [-0.15, -0.1) is 0 Å². The van der Waals surface area contributed by atoms with Gasteiger partial charge in [-0.1, -0.05) is 18.9 Å². The van der Waals surface area contributed by atoms with Gasteiger partial charge in [0.15, 0.2) is 0 Å². The Balaban J connectivity index is 1.54. The maximum absolute atomic E-state index is 13.0. The SMILES string of the molecule is O=C(CCCCCCC(=O)Nc1cccc2c1CCN(C1CCC(=O)NC1=O)C2=O)NO. The minimum Gasteiger partial charge on any atom is -0.326 e. The lowest BCUT2D eigenvalue weighted by Gasteiger charge is -2.36. The molecule has 172 valence electrons. The van der Waals surface area contributed by atoms with Crippen molar-refractivity contribution >= 4 is 35.2 Å². The highest BCUT2D eigenvalue weighted by Crippen LogP contribution is 2.29. The van der Waals surface area contributed by atoms with E-state index in [4.69, 9.17) is 5.21 Å². The molecule has 4 N–H and O–H groups in total. The zero-order valence-electron chi connectivity index (χ0n) is 17.8. The number of rotatable bonds is 9. The summed E-state index contributed by atoms with van der Waals surface area (Å²) in [5.41, 5.74) is 3.40. The second-order valence-corrected chi connectivity index (χ2v) is 8.04. The van der Waals surface area contributed by atoms with Crippen molar-refractivity contribution in [3.8, 4) is 0 Å². The Morgan fingerprint density at radius 3 is 2.44 bits per heavy atom. The summed E-state index contributed by atoms with van der Waals surface area (Å²) < 4.78 is 0. The van der Waals surface area contributed by atoms with Crippen LogP contribution in [0.2, 0.25) is 0 Å². The molecule has 0 saturated carbocycles. The monoisotopic (exact) mass is 444 g/mol. The number of imide groups is 1. The number of carbonyl (C=O) groups excluding carboxylic acids is 5. The zero-order valence-corrected chi connectivity index (χ0v) is 17.8. The molecular weight excluding hydrogens is 416 g/mol. The molecule has 0 bridgehead atoms. The van der Waals surface area contributed by atoms with Crippen LogP contribution in [0.4, 0.5) is 5.69 Å². The fourth-order valence-electron chi connectivity index (χ4n) is 4.13. The molecule has 10 heteroatoms. The van der Waals surface area contributed by atoms with Crippen LogP contribution in [-0.4, -0.2) is 52.2 Å². The predicted octanol–water partition coefficient (Wildman–Crippen LogP) is 1.27. The number of hydrogen-bond acceptors (Lipinski definition) is 6. The van der Waals surface area contributed by atoms with Crippen LogP contribution in [0.25, 0.3) is 0 Å². The van der Waals surface area contributed by atoms with Crippen LogP contribution >= 0.6 is 0 Å². The fraction of sp³-hybridized carbons (Fsp3) is 0.500. The van der Waals surface area contributed by atoms with Gasteiger partial charge in [0.2, 0.25) is 23.6 Å². The molecule has 3 rings (SSSR count). The zero-order chi connectivity index (χ0) is 23.1. The number of piperidine rings is 1. The molecule has 10 nitrogen and oxygen atoms in total. The number of carbonyl (C=O) groups is 5. The van der Waals surface area contributed by atoms with Crippen molar-refractivity contribution in [1.82, 2.24) is 15.7 Å². The van der Waals surface area contributed by atoms with Gasteiger partial charge in [0.25, 0.3) is 5.91 Å². The Morgan fingerprint density at radius 1 is 1.03 bits per heavy atom. The van der Waals surface area contributed by atoms with Crippen LogP contribution in [0.1, 0.15) is 67.3 Å². The summed E-state index contributed by atoms with van der Waals surface area (Å²) >= 11 is 0. The van der Waals surface area contributed by atoms with Crippen molar-refractivity contribution in [2.75, 3.05) is 11.9 Å². The number of nitrogens with zero attached hydrogens (tertiary/aromatic N) is 1. The largest absolute Gasteiger partial charge is 0.326 e. The second-order valence-electron chi connectivity index (χ2n) is 8.04. The van der Waals surface area contributed by atoms with Crippen molar-refractivity contribution in [2.45, 2.75) is 63.8 Å². The van der Waals surface area contributed by atoms with E-state index in [9.17, 15) is 24.0 Å². The summed E-state index contributed by atoms with van der Waals surface area (Å²) in [5.74, 6) is -1.60. The van der Waals surface area contributed by atoms with Crippen LogP contribution in [0.3, 0.4) is 0 Å². The molecule has 0 radical (unpaired) electrons. The van der Waals surface area contributed by atoms with Gasteiger partial charge in [-0.3, -0.25) is 34.5 Å². The number of hydrogen-bond donors (Lipinski definition) is 4. The summed E-state index contributed by atoms with van der Waals surface area (Å²) in [6.45, 7) is 0.340. The summed E-state index contributed by atoms with van der Waals surface area (Å²) in [6.07, 6.45) is 4.49. The molecule has 1 fully saturated rings. The molecule has 0 aliphatic carbocycles. The highest BCUT2D eigenvalue weighted by Gasteiger charge is 2.37. The van der Waals surface area contributed by atoms with Crippen LogP contribution < -0.4 is 16.1 Å². The van der Waals surface area contributed by atoms with Crippen LogP contribution in [-0.2, 0) is 25.6 Å². The van der Waals surface area contributed by atoms with Crippen molar-refractivity contribution in [2.24, 2.45) is 0 Å². The van der Waals surface area contributed by atoms with Gasteiger partial charge < -0.3 is 10.2 Å². The predicted molar refractivity (Wildman–Crippen MR) is 114 cm³/mol. The van der Waals surface area contributed by atoms with E-state index in [1.165, 1.54) is 4.90 Å². The highest BCUT2D eigenvalue weighted by atomic mass is 16.5. The van der Waals surface area contributed by atoms with E-state index in [1.54, 1.807) is 23.7 Å². The lowest BCUT2D eigenvalue weighted by atomic mass is 9.94. The molecule has 1 unspecified atom stereocenters. The molecule has 0 aromatic heterocycles. The van der Waals surface area contributed by atoms with Crippen LogP contribution in [0, 0.1) is 0 Å². The number of amides is 5. The Hall–Kier alpha value is -3.27. The van der Waals surface area contributed by atoms with E-state index >= 15 is 0 Å². The Labute approximate surface area is 185 Å². The minimum atomic E-state index is -0.657. The Bertz CT molecular complexity index is 916. The normalized spacial score (nSPS) is 18.1. The van der Waals surface area contributed by atoms with E-state index in [2.05, 4.69) is 10.6 Å². The number of hydroxylamine groups is 1. The van der Waals surface area contributed by atoms with Crippen molar-refractivity contribution in [3.63, 3.8) is 0 Å². The average Bonchev–Trinajstić information content (AvgIpc) is 2.77. The molecule has 2 aliphatic rings. The first-order valence-corrected chi connectivity index (χ1v) is 10.9. The molecule has 32 heavy (non-hydrogen) atoms. The van der Waals surface area contributed by atoms with Gasteiger partial charge in [-0.2, -0.15) is 0 Å². The third kappa shape index (κ3) is 5.70. The standard InChI is InChI=1S/C22H28N4O6/c27-18(8-3-1-2-4-9-20(29)25-32)23-16-7-5-6-15-14(16)12-13-26(22(15)31)17-10-11-19(28)24-21(17)30/h5-7,17,32H,1-4,8-13H2,(H,23,27)(H,25,29)(H,24,28,30). The summed E-state index contributed by atoms with van der Waals surface area (Å²) in [4.78, 5) is 61.4. The van der Waals surface area contributed by atoms with E-state index in [-0.39, 0.29) is 30.6 Å². The molecule has 1 aromatic carbocycles. The van der Waals surface area contributed by atoms with Gasteiger partial charge >= 0.3 is 0 Å². The molecule has 1 atom stereocenters. The lowest BCUT2D eigenvalue weighted by Crippen LogP contribution is -2.56. The number of anilines is 1. The minimum absolute atomic E-state index is 0.147. The van der Waals surface area contributed by atoms with Gasteiger partial charge in [-0.25, -0.2) is 5.48 Å². The number of unbranched alkanes of at least 4 members (excludes halogenated alkanes) is 3. The number of nitrogens with one attached hydrogen (secondary N) is 3. The first kappa shape index (κ1) is 23.4. The van der Waals surface area contributed by atoms with Gasteiger partial charge in [0.1, 0.15) is 6.04 Å². The molecular formula is C22H28N4O6.